The Bertz CT molecular complexity index is 549. The van der Waals surface area contributed by atoms with Crippen LogP contribution in [0.15, 0.2) is 24.4 Å². The minimum atomic E-state index is 0.774. The summed E-state index contributed by atoms with van der Waals surface area (Å²) in [5.74, 6) is 0. The number of nitrogen functional groups attached to an aromatic ring is 1. The van der Waals surface area contributed by atoms with Crippen LogP contribution in [-0.4, -0.2) is 37.1 Å². The van der Waals surface area contributed by atoms with Crippen LogP contribution in [0.3, 0.4) is 0 Å². The molecule has 0 aliphatic carbocycles. The molecule has 0 radical (unpaired) electrons. The summed E-state index contributed by atoms with van der Waals surface area (Å²) in [6.45, 7) is 3.90. The van der Waals surface area contributed by atoms with Crippen molar-refractivity contribution in [1.29, 1.82) is 0 Å². The van der Waals surface area contributed by atoms with Gasteiger partial charge in [0.15, 0.2) is 0 Å². The second-order valence-corrected chi connectivity index (χ2v) is 4.80. The van der Waals surface area contributed by atoms with Gasteiger partial charge in [-0.25, -0.2) is 0 Å². The van der Waals surface area contributed by atoms with Crippen LogP contribution in [0.1, 0.15) is 5.69 Å². The van der Waals surface area contributed by atoms with Crippen molar-refractivity contribution < 1.29 is 0 Å². The fraction of sp³-hybridized carbons (Fsp3) is 0.357. The number of nitrogens with two attached hydrogens (primary N) is 1. The van der Waals surface area contributed by atoms with Crippen molar-refractivity contribution in [3.05, 3.63) is 30.1 Å². The van der Waals surface area contributed by atoms with Crippen molar-refractivity contribution in [2.75, 3.05) is 38.2 Å². The Hall–Kier alpha value is -1.81. The second kappa shape index (κ2) is 5.23. The third-order valence-corrected chi connectivity index (χ3v) is 2.95. The number of aryl methyl sites for hydroxylation is 1. The molecule has 1 aromatic heterocycles. The number of likely N-dealkylation sites (N-methyl/N-ethyl adjacent to an activating group) is 1. The number of hydrogen-bond donors (Lipinski definition) is 2. The van der Waals surface area contributed by atoms with Gasteiger partial charge in [0.1, 0.15) is 0 Å². The van der Waals surface area contributed by atoms with E-state index in [-0.39, 0.29) is 0 Å². The maximum absolute atomic E-state index is 5.98. The maximum atomic E-state index is 5.98. The molecule has 0 bridgehead atoms. The molecule has 0 fully saturated rings. The lowest BCUT2D eigenvalue weighted by Gasteiger charge is -2.14. The average molecular weight is 244 g/mol. The molecule has 0 saturated heterocycles. The van der Waals surface area contributed by atoms with Gasteiger partial charge in [0.05, 0.1) is 0 Å². The van der Waals surface area contributed by atoms with E-state index in [0.29, 0.717) is 0 Å². The van der Waals surface area contributed by atoms with Gasteiger partial charge in [0, 0.05) is 47.1 Å². The SMILES string of the molecule is Cc1cc2c(NCCN(C)C)ccc(N)c2cn1. The minimum Gasteiger partial charge on any atom is -0.398 e. The Morgan fingerprint density at radius 1 is 1.28 bits per heavy atom. The van der Waals surface area contributed by atoms with Gasteiger partial charge in [-0.15, -0.1) is 0 Å². The molecule has 2 rings (SSSR count). The Morgan fingerprint density at radius 3 is 2.78 bits per heavy atom. The maximum Gasteiger partial charge on any atom is 0.0423 e. The molecule has 2 aromatic rings. The first-order valence-corrected chi connectivity index (χ1v) is 6.11. The Balaban J connectivity index is 2.32. The zero-order valence-electron chi connectivity index (χ0n) is 11.2. The quantitative estimate of drug-likeness (QED) is 0.809. The minimum absolute atomic E-state index is 0.774. The molecule has 0 spiro atoms. The van der Waals surface area contributed by atoms with E-state index in [1.165, 1.54) is 0 Å². The number of hydrogen-bond acceptors (Lipinski definition) is 4. The van der Waals surface area contributed by atoms with Crippen LogP contribution in [0.4, 0.5) is 11.4 Å². The molecule has 0 unspecified atom stereocenters. The lowest BCUT2D eigenvalue weighted by molar-refractivity contribution is 0.425. The summed E-state index contributed by atoms with van der Waals surface area (Å²) in [5, 5.41) is 5.60. The molecule has 18 heavy (non-hydrogen) atoms. The second-order valence-electron chi connectivity index (χ2n) is 4.80. The molecule has 1 heterocycles. The van der Waals surface area contributed by atoms with Gasteiger partial charge in [0.25, 0.3) is 0 Å². The van der Waals surface area contributed by atoms with E-state index < -0.39 is 0 Å². The highest BCUT2D eigenvalue weighted by molar-refractivity contribution is 6.00. The number of fused-ring (bicyclic) bond motifs is 1. The zero-order valence-corrected chi connectivity index (χ0v) is 11.2. The van der Waals surface area contributed by atoms with Crippen molar-refractivity contribution >= 4 is 22.1 Å². The summed E-state index contributed by atoms with van der Waals surface area (Å²) in [7, 11) is 4.13. The van der Waals surface area contributed by atoms with E-state index in [0.717, 1.165) is 40.9 Å². The summed E-state index contributed by atoms with van der Waals surface area (Å²) in [5.41, 5.74) is 8.87. The molecule has 96 valence electrons. The molecule has 1 aromatic carbocycles. The molecule has 4 nitrogen and oxygen atoms in total. The standard InChI is InChI=1S/C14H20N4/c1-10-8-11-12(9-17-10)13(15)4-5-14(11)16-6-7-18(2)3/h4-5,8-9,16H,6-7,15H2,1-3H3. The van der Waals surface area contributed by atoms with E-state index in [4.69, 9.17) is 5.73 Å². The van der Waals surface area contributed by atoms with Crippen LogP contribution in [0.25, 0.3) is 10.8 Å². The monoisotopic (exact) mass is 244 g/mol. The molecule has 0 amide bonds. The first kappa shape index (κ1) is 12.6. The largest absolute Gasteiger partial charge is 0.398 e. The predicted octanol–water partition coefficient (Wildman–Crippen LogP) is 2.10. The normalized spacial score (nSPS) is 11.1. The Morgan fingerprint density at radius 2 is 2.06 bits per heavy atom. The smallest absolute Gasteiger partial charge is 0.0423 e. The molecule has 0 aliphatic rings. The summed E-state index contributed by atoms with van der Waals surface area (Å²) in [6, 6.07) is 6.04. The summed E-state index contributed by atoms with van der Waals surface area (Å²) in [6.07, 6.45) is 1.84. The number of rotatable bonds is 4. The predicted molar refractivity (Wildman–Crippen MR) is 77.9 cm³/mol. The average Bonchev–Trinajstić information content (AvgIpc) is 2.31. The van der Waals surface area contributed by atoms with Gasteiger partial charge in [-0.3, -0.25) is 4.98 Å². The lowest BCUT2D eigenvalue weighted by Crippen LogP contribution is -2.20. The highest BCUT2D eigenvalue weighted by atomic mass is 15.1. The van der Waals surface area contributed by atoms with Gasteiger partial charge in [-0.05, 0) is 39.2 Å². The Labute approximate surface area is 108 Å². The van der Waals surface area contributed by atoms with Crippen LogP contribution in [-0.2, 0) is 0 Å². The van der Waals surface area contributed by atoms with Crippen molar-refractivity contribution in [2.45, 2.75) is 6.92 Å². The van der Waals surface area contributed by atoms with E-state index in [1.54, 1.807) is 0 Å². The van der Waals surface area contributed by atoms with Gasteiger partial charge >= 0.3 is 0 Å². The van der Waals surface area contributed by atoms with Gasteiger partial charge in [-0.1, -0.05) is 0 Å². The van der Waals surface area contributed by atoms with E-state index >= 15 is 0 Å². The number of anilines is 2. The molecule has 4 heteroatoms. The van der Waals surface area contributed by atoms with Crippen LogP contribution >= 0.6 is 0 Å². The molecular weight excluding hydrogens is 224 g/mol. The first-order valence-electron chi connectivity index (χ1n) is 6.11. The third kappa shape index (κ3) is 2.71. The number of nitrogens with one attached hydrogen (secondary N) is 1. The van der Waals surface area contributed by atoms with Crippen molar-refractivity contribution in [3.8, 4) is 0 Å². The summed E-state index contributed by atoms with van der Waals surface area (Å²) < 4.78 is 0. The fourth-order valence-electron chi connectivity index (χ4n) is 1.93. The first-order chi connectivity index (χ1) is 8.58. The summed E-state index contributed by atoms with van der Waals surface area (Å²) >= 11 is 0. The van der Waals surface area contributed by atoms with Crippen LogP contribution in [0.5, 0.6) is 0 Å². The van der Waals surface area contributed by atoms with Gasteiger partial charge in [0.2, 0.25) is 0 Å². The highest BCUT2D eigenvalue weighted by Gasteiger charge is 2.04. The lowest BCUT2D eigenvalue weighted by atomic mass is 10.1. The zero-order chi connectivity index (χ0) is 13.1. The van der Waals surface area contributed by atoms with E-state index in [1.807, 2.05) is 25.3 Å². The number of benzene rings is 1. The molecular formula is C14H20N4. The van der Waals surface area contributed by atoms with Gasteiger partial charge < -0.3 is 16.0 Å². The Kier molecular flexibility index (Phi) is 3.67. The third-order valence-electron chi connectivity index (χ3n) is 2.95. The van der Waals surface area contributed by atoms with E-state index in [2.05, 4.69) is 35.4 Å². The van der Waals surface area contributed by atoms with Crippen molar-refractivity contribution in [3.63, 3.8) is 0 Å². The molecule has 0 saturated carbocycles. The molecule has 0 aliphatic heterocycles. The topological polar surface area (TPSA) is 54.2 Å². The van der Waals surface area contributed by atoms with E-state index in [9.17, 15) is 0 Å². The van der Waals surface area contributed by atoms with Crippen molar-refractivity contribution in [1.82, 2.24) is 9.88 Å². The van der Waals surface area contributed by atoms with Gasteiger partial charge in [-0.2, -0.15) is 0 Å². The van der Waals surface area contributed by atoms with Crippen LogP contribution in [0.2, 0.25) is 0 Å². The fourth-order valence-corrected chi connectivity index (χ4v) is 1.93. The molecule has 0 atom stereocenters. The van der Waals surface area contributed by atoms with Crippen LogP contribution in [0, 0.1) is 6.92 Å². The van der Waals surface area contributed by atoms with Crippen molar-refractivity contribution in [2.24, 2.45) is 0 Å². The number of aromatic nitrogens is 1. The molecule has 3 N–H and O–H groups in total. The highest BCUT2D eigenvalue weighted by Crippen LogP contribution is 2.28. The number of nitrogens with zero attached hydrogens (tertiary/aromatic N) is 2. The van der Waals surface area contributed by atoms with Crippen LogP contribution < -0.4 is 11.1 Å². The summed E-state index contributed by atoms with van der Waals surface area (Å²) in [4.78, 5) is 6.45. The number of pyridine rings is 1.